The van der Waals surface area contributed by atoms with E-state index in [2.05, 4.69) is 27.6 Å². The maximum Gasteiger partial charge on any atom is 0.328 e. The van der Waals surface area contributed by atoms with Crippen molar-refractivity contribution < 1.29 is 8.42 Å². The first-order chi connectivity index (χ1) is 13.2. The van der Waals surface area contributed by atoms with Crippen molar-refractivity contribution in [3.05, 3.63) is 51.4 Å². The van der Waals surface area contributed by atoms with Crippen molar-refractivity contribution in [2.24, 2.45) is 14.1 Å². The summed E-state index contributed by atoms with van der Waals surface area (Å²) in [5.74, 6) is 0.871. The zero-order valence-electron chi connectivity index (χ0n) is 15.9. The Morgan fingerprint density at radius 1 is 1.07 bits per heavy atom. The van der Waals surface area contributed by atoms with Gasteiger partial charge in [-0.05, 0) is 48.6 Å². The minimum absolute atomic E-state index is 0.146. The number of halogens is 1. The zero-order chi connectivity index (χ0) is 20.5. The number of nitrogens with one attached hydrogen (secondary N) is 1. The SMILES string of the molecule is CCCCSc1cc2c(cc1NS(=O)(=O)c1ccc(Br)cc1)n(C)c(=O)n2C. The minimum Gasteiger partial charge on any atom is -0.295 e. The molecule has 0 bridgehead atoms. The number of unbranched alkanes of at least 4 members (excludes halogenated alkanes) is 1. The predicted octanol–water partition coefficient (Wildman–Crippen LogP) is 4.33. The second-order valence-electron chi connectivity index (χ2n) is 6.50. The quantitative estimate of drug-likeness (QED) is 0.400. The molecule has 1 aromatic heterocycles. The van der Waals surface area contributed by atoms with E-state index in [1.54, 1.807) is 60.8 Å². The van der Waals surface area contributed by atoms with Crippen LogP contribution >= 0.6 is 27.7 Å². The number of anilines is 1. The van der Waals surface area contributed by atoms with Crippen molar-refractivity contribution in [2.45, 2.75) is 29.6 Å². The van der Waals surface area contributed by atoms with Crippen molar-refractivity contribution >= 4 is 54.4 Å². The van der Waals surface area contributed by atoms with E-state index in [0.29, 0.717) is 11.2 Å². The molecule has 0 saturated heterocycles. The number of benzene rings is 2. The molecule has 0 aliphatic heterocycles. The fourth-order valence-electron chi connectivity index (χ4n) is 2.87. The molecular formula is C19H22BrN3O3S2. The molecular weight excluding hydrogens is 462 g/mol. The van der Waals surface area contributed by atoms with E-state index in [9.17, 15) is 13.2 Å². The first-order valence-electron chi connectivity index (χ1n) is 8.85. The number of rotatable bonds is 7. The number of imidazole rings is 1. The van der Waals surface area contributed by atoms with Gasteiger partial charge in [0.05, 0.1) is 21.6 Å². The maximum atomic E-state index is 12.9. The van der Waals surface area contributed by atoms with E-state index in [0.717, 1.165) is 33.5 Å². The smallest absolute Gasteiger partial charge is 0.295 e. The van der Waals surface area contributed by atoms with Crippen molar-refractivity contribution in [2.75, 3.05) is 10.5 Å². The molecule has 0 amide bonds. The second-order valence-corrected chi connectivity index (χ2v) is 10.2. The van der Waals surface area contributed by atoms with Gasteiger partial charge in [0, 0.05) is 23.5 Å². The van der Waals surface area contributed by atoms with E-state index in [-0.39, 0.29) is 10.6 Å². The molecule has 2 aromatic carbocycles. The maximum absolute atomic E-state index is 12.9. The molecule has 0 aliphatic carbocycles. The lowest BCUT2D eigenvalue weighted by Gasteiger charge is -2.13. The van der Waals surface area contributed by atoms with Gasteiger partial charge in [-0.25, -0.2) is 13.2 Å². The molecule has 0 aliphatic rings. The highest BCUT2D eigenvalue weighted by Crippen LogP contribution is 2.33. The van der Waals surface area contributed by atoms with Gasteiger partial charge < -0.3 is 0 Å². The standard InChI is InChI=1S/C19H22BrN3O3S2/c1-4-5-10-27-18-12-17-16(22(2)19(24)23(17)3)11-15(18)21-28(25,26)14-8-6-13(20)7-9-14/h6-9,11-12,21H,4-5,10H2,1-3H3. The van der Waals surface area contributed by atoms with Crippen molar-refractivity contribution in [1.29, 1.82) is 0 Å². The summed E-state index contributed by atoms with van der Waals surface area (Å²) in [5, 5.41) is 0. The van der Waals surface area contributed by atoms with E-state index < -0.39 is 10.0 Å². The molecule has 3 rings (SSSR count). The summed E-state index contributed by atoms with van der Waals surface area (Å²) < 4.78 is 32.4. The number of thioether (sulfide) groups is 1. The Bertz CT molecular complexity index is 1170. The van der Waals surface area contributed by atoms with Crippen LogP contribution in [0.15, 0.2) is 55.5 Å². The van der Waals surface area contributed by atoms with Crippen LogP contribution in [0, 0.1) is 0 Å². The van der Waals surface area contributed by atoms with Gasteiger partial charge in [0.15, 0.2) is 0 Å². The van der Waals surface area contributed by atoms with Gasteiger partial charge in [-0.1, -0.05) is 29.3 Å². The van der Waals surface area contributed by atoms with Gasteiger partial charge in [0.1, 0.15) is 0 Å². The fourth-order valence-corrected chi connectivity index (χ4v) is 5.38. The highest BCUT2D eigenvalue weighted by Gasteiger charge is 2.19. The summed E-state index contributed by atoms with van der Waals surface area (Å²) in [6, 6.07) is 10.1. The number of aryl methyl sites for hydroxylation is 2. The molecule has 0 unspecified atom stereocenters. The molecule has 9 heteroatoms. The molecule has 28 heavy (non-hydrogen) atoms. The Kier molecular flexibility index (Phi) is 6.26. The van der Waals surface area contributed by atoms with Crippen LogP contribution in [0.4, 0.5) is 5.69 Å². The Hall–Kier alpha value is -1.71. The van der Waals surface area contributed by atoms with Crippen LogP contribution in [0.5, 0.6) is 0 Å². The van der Waals surface area contributed by atoms with E-state index in [1.807, 2.05) is 6.07 Å². The lowest BCUT2D eigenvalue weighted by atomic mass is 10.3. The molecule has 0 fully saturated rings. The minimum atomic E-state index is -3.75. The van der Waals surface area contributed by atoms with Gasteiger partial charge >= 0.3 is 5.69 Å². The number of hydrogen-bond donors (Lipinski definition) is 1. The lowest BCUT2D eigenvalue weighted by molar-refractivity contribution is 0.601. The van der Waals surface area contributed by atoms with Gasteiger partial charge in [-0.15, -0.1) is 11.8 Å². The number of sulfonamides is 1. The number of aromatic nitrogens is 2. The third kappa shape index (κ3) is 4.16. The van der Waals surface area contributed by atoms with E-state index in [4.69, 9.17) is 0 Å². The fraction of sp³-hybridized carbons (Fsp3) is 0.316. The van der Waals surface area contributed by atoms with Gasteiger partial charge in [0.2, 0.25) is 0 Å². The topological polar surface area (TPSA) is 73.1 Å². The normalized spacial score (nSPS) is 11.9. The molecule has 150 valence electrons. The molecule has 0 atom stereocenters. The highest BCUT2D eigenvalue weighted by atomic mass is 79.9. The highest BCUT2D eigenvalue weighted by molar-refractivity contribution is 9.10. The first kappa shape index (κ1) is 21.0. The van der Waals surface area contributed by atoms with Crippen LogP contribution in [-0.2, 0) is 24.1 Å². The number of hydrogen-bond acceptors (Lipinski definition) is 4. The number of nitrogens with zero attached hydrogens (tertiary/aromatic N) is 2. The lowest BCUT2D eigenvalue weighted by Crippen LogP contribution is -2.19. The number of fused-ring (bicyclic) bond motifs is 1. The molecule has 1 N–H and O–H groups in total. The van der Waals surface area contributed by atoms with Crippen molar-refractivity contribution in [3.8, 4) is 0 Å². The third-order valence-corrected chi connectivity index (χ3v) is 7.55. The third-order valence-electron chi connectivity index (χ3n) is 4.50. The van der Waals surface area contributed by atoms with Crippen LogP contribution in [0.1, 0.15) is 19.8 Å². The molecule has 0 saturated carbocycles. The van der Waals surface area contributed by atoms with Crippen LogP contribution < -0.4 is 10.4 Å². The largest absolute Gasteiger partial charge is 0.328 e. The molecule has 3 aromatic rings. The van der Waals surface area contributed by atoms with E-state index >= 15 is 0 Å². The Morgan fingerprint density at radius 3 is 2.29 bits per heavy atom. The van der Waals surface area contributed by atoms with Crippen LogP contribution in [-0.4, -0.2) is 23.3 Å². The monoisotopic (exact) mass is 483 g/mol. The average molecular weight is 484 g/mol. The van der Waals surface area contributed by atoms with Gasteiger partial charge in [-0.3, -0.25) is 13.9 Å². The molecule has 0 radical (unpaired) electrons. The van der Waals surface area contributed by atoms with Crippen LogP contribution in [0.3, 0.4) is 0 Å². The summed E-state index contributed by atoms with van der Waals surface area (Å²) in [6.07, 6.45) is 2.08. The van der Waals surface area contributed by atoms with Crippen molar-refractivity contribution in [1.82, 2.24) is 9.13 Å². The molecule has 6 nitrogen and oxygen atoms in total. The van der Waals surface area contributed by atoms with Gasteiger partial charge in [-0.2, -0.15) is 0 Å². The summed E-state index contributed by atoms with van der Waals surface area (Å²) in [6.45, 7) is 2.11. The Labute approximate surface area is 177 Å². The summed E-state index contributed by atoms with van der Waals surface area (Å²) in [4.78, 5) is 13.3. The predicted molar refractivity (Wildman–Crippen MR) is 119 cm³/mol. The summed E-state index contributed by atoms with van der Waals surface area (Å²) in [7, 11) is -0.345. The average Bonchev–Trinajstić information content (AvgIpc) is 2.86. The van der Waals surface area contributed by atoms with Gasteiger partial charge in [0.25, 0.3) is 10.0 Å². The Balaban J connectivity index is 2.09. The van der Waals surface area contributed by atoms with Crippen LogP contribution in [0.25, 0.3) is 11.0 Å². The molecule has 0 spiro atoms. The van der Waals surface area contributed by atoms with Crippen molar-refractivity contribution in [3.63, 3.8) is 0 Å². The Morgan fingerprint density at radius 2 is 1.68 bits per heavy atom. The zero-order valence-corrected chi connectivity index (χ0v) is 19.1. The molecule has 1 heterocycles. The summed E-state index contributed by atoms with van der Waals surface area (Å²) >= 11 is 4.91. The van der Waals surface area contributed by atoms with Crippen LogP contribution in [0.2, 0.25) is 0 Å². The van der Waals surface area contributed by atoms with E-state index in [1.165, 1.54) is 4.57 Å². The first-order valence-corrected chi connectivity index (χ1v) is 12.1. The second kappa shape index (κ2) is 8.34. The summed E-state index contributed by atoms with van der Waals surface area (Å²) in [5.41, 5.74) is 1.80.